The third-order valence-corrected chi connectivity index (χ3v) is 4.01. The first-order valence-electron chi connectivity index (χ1n) is 7.34. The van der Waals surface area contributed by atoms with Crippen molar-refractivity contribution in [3.05, 3.63) is 5.01 Å². The van der Waals surface area contributed by atoms with Crippen LogP contribution in [0.3, 0.4) is 0 Å². The molecule has 1 aromatic rings. The van der Waals surface area contributed by atoms with E-state index < -0.39 is 0 Å². The molecule has 1 rings (SSSR count). The molecule has 1 amide bonds. The van der Waals surface area contributed by atoms with Crippen LogP contribution >= 0.6 is 11.3 Å². The lowest BCUT2D eigenvalue weighted by Crippen LogP contribution is -2.34. The first kappa shape index (κ1) is 16.9. The lowest BCUT2D eigenvalue weighted by molar-refractivity contribution is 0.0933. The number of anilines is 1. The number of hydrogen-bond acceptors (Lipinski definition) is 5. The van der Waals surface area contributed by atoms with E-state index >= 15 is 0 Å². The predicted molar refractivity (Wildman–Crippen MR) is 84.3 cm³/mol. The van der Waals surface area contributed by atoms with E-state index in [0.29, 0.717) is 16.7 Å². The Morgan fingerprint density at radius 1 is 1.25 bits per heavy atom. The maximum absolute atomic E-state index is 12.0. The molecule has 0 aliphatic carbocycles. The average molecular weight is 298 g/mol. The van der Waals surface area contributed by atoms with E-state index in [4.69, 9.17) is 0 Å². The molecule has 0 saturated heterocycles. The average Bonchev–Trinajstić information content (AvgIpc) is 2.85. The van der Waals surface area contributed by atoms with Crippen molar-refractivity contribution >= 4 is 22.4 Å². The second-order valence-corrected chi connectivity index (χ2v) is 6.72. The third kappa shape index (κ3) is 5.86. The van der Waals surface area contributed by atoms with Gasteiger partial charge in [-0.05, 0) is 18.8 Å². The molecule has 0 saturated carbocycles. The van der Waals surface area contributed by atoms with Crippen LogP contribution in [0.25, 0.3) is 0 Å². The van der Waals surface area contributed by atoms with Crippen LogP contribution in [0, 0.1) is 5.41 Å². The molecule has 0 aliphatic rings. The fraction of sp³-hybridized carbons (Fsp3) is 0.786. The second-order valence-electron chi connectivity index (χ2n) is 5.75. The Balaban J connectivity index is 2.41. The van der Waals surface area contributed by atoms with Crippen molar-refractivity contribution in [3.63, 3.8) is 0 Å². The standard InChI is InChI=1S/C14H26N4OS/c1-5-7-8-9-14(3,4)10-16-11(19)12-17-18-13(20-12)15-6-2/h5-10H2,1-4H3,(H,15,18)(H,16,19). The Kier molecular flexibility index (Phi) is 6.91. The molecule has 0 fully saturated rings. The largest absolute Gasteiger partial charge is 0.360 e. The minimum absolute atomic E-state index is 0.125. The van der Waals surface area contributed by atoms with Crippen molar-refractivity contribution in [3.8, 4) is 0 Å². The van der Waals surface area contributed by atoms with Gasteiger partial charge < -0.3 is 10.6 Å². The smallest absolute Gasteiger partial charge is 0.282 e. The van der Waals surface area contributed by atoms with Crippen LogP contribution in [0.4, 0.5) is 5.13 Å². The zero-order chi connectivity index (χ0) is 15.0. The Morgan fingerprint density at radius 3 is 2.65 bits per heavy atom. The maximum atomic E-state index is 12.0. The Bertz CT molecular complexity index is 417. The number of rotatable bonds is 9. The number of carbonyl (C=O) groups excluding carboxylic acids is 1. The van der Waals surface area contributed by atoms with E-state index in [1.165, 1.54) is 30.6 Å². The van der Waals surface area contributed by atoms with Gasteiger partial charge in [-0.3, -0.25) is 4.79 Å². The van der Waals surface area contributed by atoms with Crippen LogP contribution in [0.1, 0.15) is 63.2 Å². The molecule has 0 unspecified atom stereocenters. The predicted octanol–water partition coefficient (Wildman–Crippen LogP) is 3.31. The van der Waals surface area contributed by atoms with Crippen LogP contribution in [0.5, 0.6) is 0 Å². The first-order valence-corrected chi connectivity index (χ1v) is 8.15. The van der Waals surface area contributed by atoms with Crippen LogP contribution < -0.4 is 10.6 Å². The zero-order valence-electron chi connectivity index (χ0n) is 13.0. The minimum Gasteiger partial charge on any atom is -0.360 e. The Morgan fingerprint density at radius 2 is 2.00 bits per heavy atom. The number of carbonyl (C=O) groups is 1. The number of nitrogens with one attached hydrogen (secondary N) is 2. The monoisotopic (exact) mass is 298 g/mol. The quantitative estimate of drug-likeness (QED) is 0.686. The van der Waals surface area contributed by atoms with Gasteiger partial charge in [0.1, 0.15) is 0 Å². The van der Waals surface area contributed by atoms with Crippen molar-refractivity contribution in [2.75, 3.05) is 18.4 Å². The van der Waals surface area contributed by atoms with Gasteiger partial charge in [-0.15, -0.1) is 10.2 Å². The summed E-state index contributed by atoms with van der Waals surface area (Å²) in [7, 11) is 0. The lowest BCUT2D eigenvalue weighted by Gasteiger charge is -2.24. The zero-order valence-corrected chi connectivity index (χ0v) is 13.8. The molecular formula is C14H26N4OS. The third-order valence-electron chi connectivity index (χ3n) is 3.13. The summed E-state index contributed by atoms with van der Waals surface area (Å²) in [6, 6.07) is 0. The summed E-state index contributed by atoms with van der Waals surface area (Å²) in [4.78, 5) is 12.0. The summed E-state index contributed by atoms with van der Waals surface area (Å²) in [6.07, 6.45) is 4.81. The molecule has 0 bridgehead atoms. The molecule has 20 heavy (non-hydrogen) atoms. The number of amides is 1. The van der Waals surface area contributed by atoms with Gasteiger partial charge in [0, 0.05) is 13.1 Å². The van der Waals surface area contributed by atoms with E-state index in [0.717, 1.165) is 13.0 Å². The summed E-state index contributed by atoms with van der Waals surface area (Å²) in [5.74, 6) is -0.129. The van der Waals surface area contributed by atoms with Crippen LogP contribution in [-0.4, -0.2) is 29.2 Å². The fourth-order valence-corrected chi connectivity index (χ4v) is 2.60. The number of hydrogen-bond donors (Lipinski definition) is 2. The highest BCUT2D eigenvalue weighted by atomic mass is 32.1. The van der Waals surface area contributed by atoms with Gasteiger partial charge in [-0.1, -0.05) is 51.4 Å². The van der Waals surface area contributed by atoms with Crippen molar-refractivity contribution in [1.82, 2.24) is 15.5 Å². The molecule has 114 valence electrons. The highest BCUT2D eigenvalue weighted by Crippen LogP contribution is 2.23. The maximum Gasteiger partial charge on any atom is 0.282 e. The van der Waals surface area contributed by atoms with Crippen LogP contribution in [-0.2, 0) is 0 Å². The van der Waals surface area contributed by atoms with E-state index in [1.54, 1.807) is 0 Å². The fourth-order valence-electron chi connectivity index (χ4n) is 1.87. The van der Waals surface area contributed by atoms with Crippen molar-refractivity contribution in [1.29, 1.82) is 0 Å². The molecule has 0 spiro atoms. The Labute approximate surface area is 125 Å². The molecular weight excluding hydrogens is 272 g/mol. The molecule has 2 N–H and O–H groups in total. The van der Waals surface area contributed by atoms with Crippen LogP contribution in [0.2, 0.25) is 0 Å². The van der Waals surface area contributed by atoms with E-state index in [-0.39, 0.29) is 11.3 Å². The topological polar surface area (TPSA) is 66.9 Å². The van der Waals surface area contributed by atoms with Gasteiger partial charge >= 0.3 is 0 Å². The number of nitrogens with zero attached hydrogens (tertiary/aromatic N) is 2. The van der Waals surface area contributed by atoms with E-state index in [1.807, 2.05) is 6.92 Å². The molecule has 1 heterocycles. The van der Waals surface area contributed by atoms with Gasteiger partial charge in [0.05, 0.1) is 0 Å². The summed E-state index contributed by atoms with van der Waals surface area (Å²) in [6.45, 7) is 10.0. The van der Waals surface area contributed by atoms with Crippen molar-refractivity contribution < 1.29 is 4.79 Å². The van der Waals surface area contributed by atoms with Crippen molar-refractivity contribution in [2.24, 2.45) is 5.41 Å². The summed E-state index contributed by atoms with van der Waals surface area (Å²) in [5, 5.41) is 15.0. The lowest BCUT2D eigenvalue weighted by atomic mass is 9.87. The molecule has 6 heteroatoms. The Hall–Kier alpha value is -1.17. The van der Waals surface area contributed by atoms with E-state index in [9.17, 15) is 4.79 Å². The number of aromatic nitrogens is 2. The molecule has 0 atom stereocenters. The SMILES string of the molecule is CCCCCC(C)(C)CNC(=O)c1nnc(NCC)s1. The molecule has 5 nitrogen and oxygen atoms in total. The minimum atomic E-state index is -0.129. The van der Waals surface area contributed by atoms with Crippen molar-refractivity contribution in [2.45, 2.75) is 53.4 Å². The van der Waals surface area contributed by atoms with Gasteiger partial charge in [-0.25, -0.2) is 0 Å². The van der Waals surface area contributed by atoms with E-state index in [2.05, 4.69) is 41.6 Å². The molecule has 0 aliphatic heterocycles. The first-order chi connectivity index (χ1) is 9.48. The summed E-state index contributed by atoms with van der Waals surface area (Å²) >= 11 is 1.29. The van der Waals surface area contributed by atoms with Crippen LogP contribution in [0.15, 0.2) is 0 Å². The summed E-state index contributed by atoms with van der Waals surface area (Å²) in [5.41, 5.74) is 0.125. The molecule has 0 aromatic carbocycles. The molecule has 1 aromatic heterocycles. The molecule has 0 radical (unpaired) electrons. The van der Waals surface area contributed by atoms with Gasteiger partial charge in [0.2, 0.25) is 10.1 Å². The van der Waals surface area contributed by atoms with Gasteiger partial charge in [0.25, 0.3) is 5.91 Å². The summed E-state index contributed by atoms with van der Waals surface area (Å²) < 4.78 is 0. The van der Waals surface area contributed by atoms with Gasteiger partial charge in [0.15, 0.2) is 0 Å². The number of unbranched alkanes of at least 4 members (excludes halogenated alkanes) is 2. The highest BCUT2D eigenvalue weighted by molar-refractivity contribution is 7.17. The second kappa shape index (κ2) is 8.19. The van der Waals surface area contributed by atoms with Gasteiger partial charge in [-0.2, -0.15) is 0 Å². The normalized spacial score (nSPS) is 11.4. The highest BCUT2D eigenvalue weighted by Gasteiger charge is 2.20.